The molecule has 0 spiro atoms. The van der Waals surface area contributed by atoms with Crippen LogP contribution in [0.5, 0.6) is 0 Å². The topological polar surface area (TPSA) is 18.5 Å². The van der Waals surface area contributed by atoms with E-state index in [0.29, 0.717) is 12.2 Å². The molecule has 0 saturated heterocycles. The maximum atomic E-state index is 5.48. The van der Waals surface area contributed by atoms with Crippen LogP contribution < -0.4 is 0 Å². The van der Waals surface area contributed by atoms with E-state index in [-0.39, 0.29) is 31.5 Å². The minimum absolute atomic E-state index is 0.156. The fourth-order valence-corrected chi connectivity index (χ4v) is 2.93. The summed E-state index contributed by atoms with van der Waals surface area (Å²) in [6, 6.07) is 0. The van der Waals surface area contributed by atoms with Gasteiger partial charge in [-0.2, -0.15) is 0 Å². The van der Waals surface area contributed by atoms with E-state index in [1.54, 1.807) is 0 Å². The zero-order valence-electron chi connectivity index (χ0n) is 6.97. The Labute approximate surface area is 76.7 Å². The Balaban J connectivity index is 3.38. The first kappa shape index (κ1) is 11.0. The van der Waals surface area contributed by atoms with Crippen molar-refractivity contribution in [1.82, 2.24) is 0 Å². The van der Waals surface area contributed by atoms with Crippen LogP contribution in [-0.4, -0.2) is 43.7 Å². The van der Waals surface area contributed by atoms with E-state index in [4.69, 9.17) is 7.53 Å². The van der Waals surface area contributed by atoms with Crippen LogP contribution in [-0.2, 0) is 7.53 Å². The SMILES string of the molecule is [CH3][Ge][O]C(C)C(C)[O][Ge][CH3]. The molecule has 0 aromatic carbocycles. The van der Waals surface area contributed by atoms with Crippen molar-refractivity contribution in [2.45, 2.75) is 37.6 Å². The Morgan fingerprint density at radius 1 is 0.900 bits per heavy atom. The van der Waals surface area contributed by atoms with Crippen LogP contribution >= 0.6 is 0 Å². The normalized spacial score (nSPS) is 16.8. The first-order chi connectivity index (χ1) is 4.72. The molecule has 10 heavy (non-hydrogen) atoms. The molecule has 4 radical (unpaired) electrons. The molecule has 2 atom stereocenters. The quantitative estimate of drug-likeness (QED) is 0.692. The van der Waals surface area contributed by atoms with E-state index in [1.165, 1.54) is 0 Å². The van der Waals surface area contributed by atoms with Crippen LogP contribution in [0.2, 0.25) is 11.5 Å². The van der Waals surface area contributed by atoms with E-state index in [1.807, 2.05) is 0 Å². The summed E-state index contributed by atoms with van der Waals surface area (Å²) in [4.78, 5) is 0. The Kier molecular flexibility index (Phi) is 7.37. The zero-order valence-corrected chi connectivity index (χ0v) is 11.2. The summed E-state index contributed by atoms with van der Waals surface area (Å²) in [7, 11) is 0. The van der Waals surface area contributed by atoms with Gasteiger partial charge in [-0.15, -0.1) is 0 Å². The molecule has 0 aromatic heterocycles. The summed E-state index contributed by atoms with van der Waals surface area (Å²) < 4.78 is 11.0. The van der Waals surface area contributed by atoms with Gasteiger partial charge < -0.3 is 0 Å². The zero-order chi connectivity index (χ0) is 7.98. The van der Waals surface area contributed by atoms with Gasteiger partial charge >= 0.3 is 76.6 Å². The number of rotatable bonds is 5. The molecule has 0 fully saturated rings. The van der Waals surface area contributed by atoms with Gasteiger partial charge in [0.2, 0.25) is 0 Å². The third kappa shape index (κ3) is 4.77. The third-order valence-electron chi connectivity index (χ3n) is 1.27. The van der Waals surface area contributed by atoms with Gasteiger partial charge in [-0.25, -0.2) is 0 Å². The molecule has 0 N–H and O–H groups in total. The molecule has 0 amide bonds. The molecular weight excluding hydrogens is 249 g/mol. The Bertz CT molecular complexity index is 70.1. The van der Waals surface area contributed by atoms with Crippen molar-refractivity contribution in [3.05, 3.63) is 0 Å². The number of hydrogen-bond acceptors (Lipinski definition) is 2. The van der Waals surface area contributed by atoms with Crippen molar-refractivity contribution in [3.63, 3.8) is 0 Å². The second kappa shape index (κ2) is 6.70. The average molecular weight is 263 g/mol. The Morgan fingerprint density at radius 2 is 1.20 bits per heavy atom. The molecule has 2 nitrogen and oxygen atoms in total. The molecule has 0 aliphatic rings. The van der Waals surface area contributed by atoms with Gasteiger partial charge in [0.15, 0.2) is 0 Å². The van der Waals surface area contributed by atoms with E-state index in [0.717, 1.165) is 0 Å². The molecule has 0 saturated carbocycles. The summed E-state index contributed by atoms with van der Waals surface area (Å²) in [5.41, 5.74) is 0. The monoisotopic (exact) mass is 266 g/mol. The molecule has 0 bridgehead atoms. The summed E-state index contributed by atoms with van der Waals surface area (Å²) in [6.45, 7) is 4.17. The molecule has 0 heterocycles. The van der Waals surface area contributed by atoms with Crippen molar-refractivity contribution >= 4 is 31.5 Å². The Hall–Kier alpha value is 1.01. The minimum atomic E-state index is -0.156. The van der Waals surface area contributed by atoms with Gasteiger partial charge in [0.05, 0.1) is 0 Å². The maximum absolute atomic E-state index is 5.48. The van der Waals surface area contributed by atoms with Gasteiger partial charge in [-0.1, -0.05) is 0 Å². The molecule has 58 valence electrons. The van der Waals surface area contributed by atoms with Crippen molar-refractivity contribution in [2.24, 2.45) is 0 Å². The fourth-order valence-electron chi connectivity index (χ4n) is 0.563. The van der Waals surface area contributed by atoms with Crippen LogP contribution in [0.1, 0.15) is 13.8 Å². The molecule has 0 aromatic rings. The summed E-state index contributed by atoms with van der Waals surface area (Å²) in [5, 5.41) is 0. The molecule has 2 unspecified atom stereocenters. The van der Waals surface area contributed by atoms with Crippen LogP contribution in [0.15, 0.2) is 0 Å². The third-order valence-corrected chi connectivity index (χ3v) is 3.82. The predicted molar refractivity (Wildman–Crippen MR) is 44.3 cm³/mol. The van der Waals surface area contributed by atoms with Gasteiger partial charge in [-0.3, -0.25) is 0 Å². The van der Waals surface area contributed by atoms with Gasteiger partial charge in [0.1, 0.15) is 0 Å². The second-order valence-corrected chi connectivity index (χ2v) is 4.76. The standard InChI is InChI=1S/C6H14Ge2O2/c1-5(9-7-3)6(2)10-8-4/h5-6H,1-4H3. The first-order valence-corrected chi connectivity index (χ1v) is 9.28. The molecular formula is C6H14Ge2O2. The van der Waals surface area contributed by atoms with Gasteiger partial charge in [0.25, 0.3) is 0 Å². The first-order valence-electron chi connectivity index (χ1n) is 3.37. The molecule has 0 rings (SSSR count). The van der Waals surface area contributed by atoms with Crippen LogP contribution in [0.3, 0.4) is 0 Å². The van der Waals surface area contributed by atoms with E-state index in [2.05, 4.69) is 25.4 Å². The molecule has 0 aliphatic heterocycles. The summed E-state index contributed by atoms with van der Waals surface area (Å²) in [5.74, 6) is 4.26. The fraction of sp³-hybridized carbons (Fsp3) is 1.00. The molecule has 0 aliphatic carbocycles. The summed E-state index contributed by atoms with van der Waals surface area (Å²) in [6.07, 6.45) is 0.599. The summed E-state index contributed by atoms with van der Waals surface area (Å²) >= 11 is -0.312. The van der Waals surface area contributed by atoms with Gasteiger partial charge in [-0.05, 0) is 0 Å². The van der Waals surface area contributed by atoms with E-state index in [9.17, 15) is 0 Å². The van der Waals surface area contributed by atoms with E-state index < -0.39 is 0 Å². The van der Waals surface area contributed by atoms with E-state index >= 15 is 0 Å². The number of hydrogen-bond donors (Lipinski definition) is 0. The van der Waals surface area contributed by atoms with Crippen molar-refractivity contribution < 1.29 is 7.53 Å². The Morgan fingerprint density at radius 3 is 1.40 bits per heavy atom. The molecule has 4 heteroatoms. The van der Waals surface area contributed by atoms with Crippen LogP contribution in [0, 0.1) is 0 Å². The van der Waals surface area contributed by atoms with Crippen molar-refractivity contribution in [2.75, 3.05) is 0 Å². The van der Waals surface area contributed by atoms with Crippen LogP contribution in [0.25, 0.3) is 0 Å². The van der Waals surface area contributed by atoms with Crippen molar-refractivity contribution in [3.8, 4) is 0 Å². The second-order valence-electron chi connectivity index (χ2n) is 2.05. The van der Waals surface area contributed by atoms with Gasteiger partial charge in [0, 0.05) is 0 Å². The van der Waals surface area contributed by atoms with Crippen molar-refractivity contribution in [1.29, 1.82) is 0 Å². The van der Waals surface area contributed by atoms with Crippen LogP contribution in [0.4, 0.5) is 0 Å². The predicted octanol–water partition coefficient (Wildman–Crippen LogP) is 1.13. The average Bonchev–Trinajstić information content (AvgIpc) is 1.89.